The van der Waals surface area contributed by atoms with Gasteiger partial charge in [-0.1, -0.05) is 42.5 Å². The van der Waals surface area contributed by atoms with E-state index in [1.54, 1.807) is 12.1 Å². The molecule has 3 aromatic carbocycles. The molecule has 1 unspecified atom stereocenters. The molecule has 10 heteroatoms. The highest BCUT2D eigenvalue weighted by Gasteiger charge is 2.31. The van der Waals surface area contributed by atoms with E-state index < -0.39 is 6.04 Å². The zero-order chi connectivity index (χ0) is 30.6. The van der Waals surface area contributed by atoms with Gasteiger partial charge in [0.1, 0.15) is 6.04 Å². The number of fused-ring (bicyclic) bond motifs is 1. The van der Waals surface area contributed by atoms with Crippen molar-refractivity contribution in [3.63, 3.8) is 0 Å². The number of carbonyl (C=O) groups is 3. The SMILES string of the molecule is Cc1cccc(N2CCN(CC(=O)Nc3cc4c(cc3N3CCOCC3)C(=O)NC(Cc3ccccc3)C(=O)N4)CC2)c1C. The largest absolute Gasteiger partial charge is 0.378 e. The number of hydrogen-bond acceptors (Lipinski definition) is 7. The summed E-state index contributed by atoms with van der Waals surface area (Å²) in [6, 6.07) is 18.8. The summed E-state index contributed by atoms with van der Waals surface area (Å²) in [7, 11) is 0. The molecule has 10 nitrogen and oxygen atoms in total. The summed E-state index contributed by atoms with van der Waals surface area (Å²) in [6.07, 6.45) is 0.378. The maximum atomic E-state index is 13.4. The molecule has 2 fully saturated rings. The van der Waals surface area contributed by atoms with E-state index in [9.17, 15) is 14.4 Å². The number of nitrogens with zero attached hydrogens (tertiary/aromatic N) is 3. The van der Waals surface area contributed by atoms with Crippen LogP contribution >= 0.6 is 0 Å². The molecular weight excluding hydrogens is 556 g/mol. The Labute approximate surface area is 258 Å². The standard InChI is InChI=1S/C34H40N6O4/c1-23-7-6-10-30(24(23)2)39-13-11-38(12-14-39)22-32(41)35-28-21-27-26(20-31(28)40-15-17-44-18-16-40)33(42)37-29(34(43)36-27)19-25-8-4-3-5-9-25/h3-10,20-21,29H,11-19,22H2,1-2H3,(H,35,41)(H,36,43)(H,37,42). The normalized spacial score (nSPS) is 19.1. The third kappa shape index (κ3) is 6.56. The van der Waals surface area contributed by atoms with Gasteiger partial charge in [-0.05, 0) is 48.7 Å². The van der Waals surface area contributed by atoms with Gasteiger partial charge in [0.15, 0.2) is 0 Å². The average molecular weight is 597 g/mol. The molecular formula is C34H40N6O4. The van der Waals surface area contributed by atoms with Gasteiger partial charge in [-0.2, -0.15) is 0 Å². The van der Waals surface area contributed by atoms with Crippen molar-refractivity contribution in [2.45, 2.75) is 26.3 Å². The summed E-state index contributed by atoms with van der Waals surface area (Å²) in [4.78, 5) is 46.7. The van der Waals surface area contributed by atoms with E-state index in [-0.39, 0.29) is 24.3 Å². The third-order valence-corrected chi connectivity index (χ3v) is 8.82. The number of benzene rings is 3. The Bertz CT molecular complexity index is 1530. The van der Waals surface area contributed by atoms with E-state index in [0.29, 0.717) is 49.7 Å². The smallest absolute Gasteiger partial charge is 0.254 e. The summed E-state index contributed by atoms with van der Waals surface area (Å²) >= 11 is 0. The number of hydrogen-bond donors (Lipinski definition) is 3. The fraction of sp³-hybridized carbons (Fsp3) is 0.382. The first kappa shape index (κ1) is 29.7. The molecule has 3 heterocycles. The minimum absolute atomic E-state index is 0.133. The van der Waals surface area contributed by atoms with Crippen LogP contribution < -0.4 is 25.8 Å². The highest BCUT2D eigenvalue weighted by molar-refractivity contribution is 6.12. The fourth-order valence-electron chi connectivity index (χ4n) is 6.18. The van der Waals surface area contributed by atoms with E-state index in [1.165, 1.54) is 16.8 Å². The number of amides is 3. The molecule has 3 aliphatic heterocycles. The van der Waals surface area contributed by atoms with E-state index >= 15 is 0 Å². The van der Waals surface area contributed by atoms with Crippen LogP contribution in [0.3, 0.4) is 0 Å². The predicted molar refractivity (Wildman–Crippen MR) is 173 cm³/mol. The molecule has 2 saturated heterocycles. The molecule has 0 aliphatic carbocycles. The van der Waals surface area contributed by atoms with Crippen LogP contribution in [-0.2, 0) is 20.7 Å². The van der Waals surface area contributed by atoms with Gasteiger partial charge in [-0.15, -0.1) is 0 Å². The van der Waals surface area contributed by atoms with Crippen molar-refractivity contribution in [2.75, 3.05) is 79.5 Å². The molecule has 0 radical (unpaired) electrons. The Morgan fingerprint density at radius 1 is 0.886 bits per heavy atom. The van der Waals surface area contributed by atoms with Crippen molar-refractivity contribution in [1.29, 1.82) is 0 Å². The second kappa shape index (κ2) is 13.1. The highest BCUT2D eigenvalue weighted by atomic mass is 16.5. The lowest BCUT2D eigenvalue weighted by molar-refractivity contribution is -0.118. The molecule has 0 bridgehead atoms. The van der Waals surface area contributed by atoms with Gasteiger partial charge >= 0.3 is 0 Å². The van der Waals surface area contributed by atoms with Crippen LogP contribution in [0, 0.1) is 13.8 Å². The molecule has 0 aromatic heterocycles. The second-order valence-corrected chi connectivity index (χ2v) is 11.7. The van der Waals surface area contributed by atoms with E-state index in [0.717, 1.165) is 37.4 Å². The maximum Gasteiger partial charge on any atom is 0.254 e. The average Bonchev–Trinajstić information content (AvgIpc) is 3.14. The quantitative estimate of drug-likeness (QED) is 0.385. The predicted octanol–water partition coefficient (Wildman–Crippen LogP) is 3.19. The molecule has 44 heavy (non-hydrogen) atoms. The minimum Gasteiger partial charge on any atom is -0.378 e. The topological polar surface area (TPSA) is 106 Å². The Hall–Kier alpha value is -4.41. The molecule has 3 amide bonds. The number of aryl methyl sites for hydroxylation is 1. The molecule has 0 saturated carbocycles. The van der Waals surface area contributed by atoms with Crippen LogP contribution in [0.1, 0.15) is 27.0 Å². The number of anilines is 4. The Morgan fingerprint density at radius 3 is 2.36 bits per heavy atom. The van der Waals surface area contributed by atoms with Crippen molar-refractivity contribution in [1.82, 2.24) is 10.2 Å². The van der Waals surface area contributed by atoms with E-state index in [4.69, 9.17) is 4.74 Å². The first-order valence-corrected chi connectivity index (χ1v) is 15.4. The van der Waals surface area contributed by atoms with Gasteiger partial charge in [-0.25, -0.2) is 0 Å². The first-order chi connectivity index (χ1) is 21.4. The summed E-state index contributed by atoms with van der Waals surface area (Å²) in [5.74, 6) is -0.751. The molecule has 6 rings (SSSR count). The zero-order valence-electron chi connectivity index (χ0n) is 25.4. The van der Waals surface area contributed by atoms with Crippen molar-refractivity contribution in [2.24, 2.45) is 0 Å². The fourth-order valence-corrected chi connectivity index (χ4v) is 6.18. The van der Waals surface area contributed by atoms with Gasteiger partial charge in [0, 0.05) is 51.4 Å². The van der Waals surface area contributed by atoms with Crippen molar-refractivity contribution in [3.8, 4) is 0 Å². The second-order valence-electron chi connectivity index (χ2n) is 11.7. The number of ether oxygens (including phenoxy) is 1. The third-order valence-electron chi connectivity index (χ3n) is 8.82. The number of rotatable bonds is 7. The van der Waals surface area contributed by atoms with E-state index in [2.05, 4.69) is 62.7 Å². The summed E-state index contributed by atoms with van der Waals surface area (Å²) in [5.41, 5.74) is 6.85. The number of morpholine rings is 1. The van der Waals surface area contributed by atoms with Crippen LogP contribution in [-0.4, -0.2) is 87.7 Å². The minimum atomic E-state index is -0.718. The molecule has 230 valence electrons. The van der Waals surface area contributed by atoms with Gasteiger partial charge in [0.25, 0.3) is 5.91 Å². The van der Waals surface area contributed by atoms with Gasteiger partial charge in [0.05, 0.1) is 42.4 Å². The number of nitrogens with one attached hydrogen (secondary N) is 3. The zero-order valence-corrected chi connectivity index (χ0v) is 25.4. The van der Waals surface area contributed by atoms with Crippen molar-refractivity contribution in [3.05, 3.63) is 82.9 Å². The molecule has 0 spiro atoms. The Balaban J connectivity index is 1.17. The number of carbonyl (C=O) groups excluding carboxylic acids is 3. The maximum absolute atomic E-state index is 13.4. The lowest BCUT2D eigenvalue weighted by Gasteiger charge is -2.36. The van der Waals surface area contributed by atoms with Crippen LogP contribution in [0.5, 0.6) is 0 Å². The van der Waals surface area contributed by atoms with Crippen molar-refractivity contribution < 1.29 is 19.1 Å². The van der Waals surface area contributed by atoms with E-state index in [1.807, 2.05) is 30.3 Å². The monoisotopic (exact) mass is 596 g/mol. The first-order valence-electron chi connectivity index (χ1n) is 15.4. The van der Waals surface area contributed by atoms with Gasteiger partial charge in [0.2, 0.25) is 11.8 Å². The van der Waals surface area contributed by atoms with Gasteiger partial charge < -0.3 is 30.5 Å². The highest BCUT2D eigenvalue weighted by Crippen LogP contribution is 2.34. The van der Waals surface area contributed by atoms with Crippen LogP contribution in [0.15, 0.2) is 60.7 Å². The van der Waals surface area contributed by atoms with Crippen LogP contribution in [0.2, 0.25) is 0 Å². The summed E-state index contributed by atoms with van der Waals surface area (Å²) in [6.45, 7) is 10.2. The van der Waals surface area contributed by atoms with Crippen LogP contribution in [0.25, 0.3) is 0 Å². The Morgan fingerprint density at radius 2 is 1.61 bits per heavy atom. The molecule has 3 aromatic rings. The van der Waals surface area contributed by atoms with Gasteiger partial charge in [-0.3, -0.25) is 19.3 Å². The Kier molecular flexibility index (Phi) is 8.81. The summed E-state index contributed by atoms with van der Waals surface area (Å²) < 4.78 is 5.56. The molecule has 3 N–H and O–H groups in total. The lowest BCUT2D eigenvalue weighted by Crippen LogP contribution is -2.49. The lowest BCUT2D eigenvalue weighted by atomic mass is 10.1. The molecule has 3 aliphatic rings. The summed E-state index contributed by atoms with van der Waals surface area (Å²) in [5, 5.41) is 8.96. The van der Waals surface area contributed by atoms with Crippen LogP contribution in [0.4, 0.5) is 22.7 Å². The van der Waals surface area contributed by atoms with Crippen molar-refractivity contribution >= 4 is 40.5 Å². The molecule has 1 atom stereocenters. The number of piperazine rings is 1.